The molecule has 6 nitrogen and oxygen atoms in total. The van der Waals surface area contributed by atoms with E-state index in [9.17, 15) is 10.1 Å². The van der Waals surface area contributed by atoms with Crippen molar-refractivity contribution in [3.63, 3.8) is 0 Å². The van der Waals surface area contributed by atoms with E-state index in [0.29, 0.717) is 0 Å². The zero-order chi connectivity index (χ0) is 14.9. The van der Waals surface area contributed by atoms with Gasteiger partial charge >= 0.3 is 5.69 Å². The summed E-state index contributed by atoms with van der Waals surface area (Å²) in [6.45, 7) is 5.59. The summed E-state index contributed by atoms with van der Waals surface area (Å²) in [5.41, 5.74) is 0.788. The highest BCUT2D eigenvalue weighted by Crippen LogP contribution is 2.30. The van der Waals surface area contributed by atoms with Gasteiger partial charge < -0.3 is 9.73 Å². The van der Waals surface area contributed by atoms with Crippen LogP contribution in [0, 0.1) is 24.0 Å². The van der Waals surface area contributed by atoms with Crippen molar-refractivity contribution >= 4 is 23.1 Å². The van der Waals surface area contributed by atoms with Crippen molar-refractivity contribution in [1.29, 1.82) is 0 Å². The van der Waals surface area contributed by atoms with Gasteiger partial charge in [0.1, 0.15) is 11.5 Å². The Labute approximate surface area is 120 Å². The van der Waals surface area contributed by atoms with E-state index in [1.807, 2.05) is 26.8 Å². The second-order valence-electron chi connectivity index (χ2n) is 4.51. The van der Waals surface area contributed by atoms with Gasteiger partial charge in [0.25, 0.3) is 0 Å². The van der Waals surface area contributed by atoms with Crippen molar-refractivity contribution in [1.82, 2.24) is 4.98 Å². The number of nitrogens with zero attached hydrogens (tertiary/aromatic N) is 2. The fourth-order valence-electron chi connectivity index (χ4n) is 2.04. The largest absolute Gasteiger partial charge is 0.466 e. The summed E-state index contributed by atoms with van der Waals surface area (Å²) >= 11 is 5.73. The Balaban J connectivity index is 2.30. The molecule has 0 fully saturated rings. The molecule has 0 aliphatic heterocycles. The molecular formula is C13H14ClN3O3. The van der Waals surface area contributed by atoms with Gasteiger partial charge in [-0.2, -0.15) is 0 Å². The molecule has 2 rings (SSSR count). The number of furan rings is 1. The number of hydrogen-bond acceptors (Lipinski definition) is 5. The van der Waals surface area contributed by atoms with Gasteiger partial charge in [-0.1, -0.05) is 11.6 Å². The summed E-state index contributed by atoms with van der Waals surface area (Å²) < 4.78 is 5.45. The number of pyridine rings is 1. The monoisotopic (exact) mass is 295 g/mol. The molecule has 7 heteroatoms. The molecule has 1 N–H and O–H groups in total. The Morgan fingerprint density at radius 2 is 2.15 bits per heavy atom. The number of anilines is 1. The molecule has 20 heavy (non-hydrogen) atoms. The first kappa shape index (κ1) is 14.3. The summed E-state index contributed by atoms with van der Waals surface area (Å²) in [6, 6.07) is 3.01. The number of aromatic nitrogens is 1. The molecule has 0 bridgehead atoms. The van der Waals surface area contributed by atoms with E-state index in [1.54, 1.807) is 0 Å². The normalized spacial score (nSPS) is 12.2. The van der Waals surface area contributed by atoms with Crippen LogP contribution in [0.1, 0.15) is 30.0 Å². The molecule has 0 amide bonds. The topological polar surface area (TPSA) is 81.2 Å². The van der Waals surface area contributed by atoms with E-state index < -0.39 is 4.92 Å². The lowest BCUT2D eigenvalue weighted by atomic mass is 10.1. The smallest absolute Gasteiger partial charge is 0.312 e. The van der Waals surface area contributed by atoms with Crippen molar-refractivity contribution in [2.75, 3.05) is 5.32 Å². The minimum absolute atomic E-state index is 0.151. The molecule has 0 aliphatic carbocycles. The van der Waals surface area contributed by atoms with Crippen LogP contribution in [0.2, 0.25) is 5.02 Å². The van der Waals surface area contributed by atoms with Crippen LogP contribution in [0.25, 0.3) is 0 Å². The predicted octanol–water partition coefficient (Wildman–Crippen LogP) is 4.03. The van der Waals surface area contributed by atoms with Crippen LogP contribution in [0.5, 0.6) is 0 Å². The van der Waals surface area contributed by atoms with Crippen LogP contribution in [-0.2, 0) is 0 Å². The fourth-order valence-corrected chi connectivity index (χ4v) is 2.19. The Kier molecular flexibility index (Phi) is 3.94. The van der Waals surface area contributed by atoms with Gasteiger partial charge in [-0.3, -0.25) is 10.1 Å². The standard InChI is InChI=1S/C13H14ClN3O3/c1-7-4-11(9(3)20-7)8(2)16-13-12(17(18)19)5-10(14)6-15-13/h4-6,8H,1-3H3,(H,15,16). The van der Waals surface area contributed by atoms with Crippen molar-refractivity contribution in [3.05, 3.63) is 50.6 Å². The molecule has 2 heterocycles. The number of hydrogen-bond donors (Lipinski definition) is 1. The molecular weight excluding hydrogens is 282 g/mol. The number of nitrogens with one attached hydrogen (secondary N) is 1. The van der Waals surface area contributed by atoms with Gasteiger partial charge in [0.05, 0.1) is 16.0 Å². The summed E-state index contributed by atoms with van der Waals surface area (Å²) in [4.78, 5) is 14.5. The number of aryl methyl sites for hydroxylation is 2. The Morgan fingerprint density at radius 1 is 1.45 bits per heavy atom. The quantitative estimate of drug-likeness (QED) is 0.680. The van der Waals surface area contributed by atoms with E-state index in [0.717, 1.165) is 17.1 Å². The van der Waals surface area contributed by atoms with Crippen molar-refractivity contribution in [2.24, 2.45) is 0 Å². The number of nitro groups is 1. The molecule has 0 radical (unpaired) electrons. The Bertz CT molecular complexity index is 654. The Morgan fingerprint density at radius 3 is 2.70 bits per heavy atom. The lowest BCUT2D eigenvalue weighted by molar-refractivity contribution is -0.384. The summed E-state index contributed by atoms with van der Waals surface area (Å²) in [7, 11) is 0. The SMILES string of the molecule is Cc1cc(C(C)Nc2ncc(Cl)cc2[N+](=O)[O-])c(C)o1. The van der Waals surface area contributed by atoms with Gasteiger partial charge in [-0.25, -0.2) is 4.98 Å². The van der Waals surface area contributed by atoms with E-state index in [2.05, 4.69) is 10.3 Å². The molecule has 0 aromatic carbocycles. The van der Waals surface area contributed by atoms with Gasteiger partial charge in [0.15, 0.2) is 0 Å². The minimum atomic E-state index is -0.512. The molecule has 106 valence electrons. The third-order valence-corrected chi connectivity index (χ3v) is 3.14. The first-order chi connectivity index (χ1) is 9.38. The summed E-state index contributed by atoms with van der Waals surface area (Å²) in [5.74, 6) is 1.76. The first-order valence-electron chi connectivity index (χ1n) is 6.02. The third-order valence-electron chi connectivity index (χ3n) is 2.93. The van der Waals surface area contributed by atoms with Gasteiger partial charge in [-0.15, -0.1) is 0 Å². The van der Waals surface area contributed by atoms with Gasteiger partial charge in [0.2, 0.25) is 5.82 Å². The van der Waals surface area contributed by atoms with Crippen LogP contribution in [0.4, 0.5) is 11.5 Å². The molecule has 0 saturated heterocycles. The fraction of sp³-hybridized carbons (Fsp3) is 0.308. The van der Waals surface area contributed by atoms with E-state index in [4.69, 9.17) is 16.0 Å². The van der Waals surface area contributed by atoms with E-state index >= 15 is 0 Å². The molecule has 0 aliphatic rings. The van der Waals surface area contributed by atoms with E-state index in [1.165, 1.54) is 12.3 Å². The van der Waals surface area contributed by atoms with Crippen LogP contribution in [0.3, 0.4) is 0 Å². The summed E-state index contributed by atoms with van der Waals surface area (Å²) in [6.07, 6.45) is 1.37. The molecule has 0 spiro atoms. The minimum Gasteiger partial charge on any atom is -0.466 e. The number of rotatable bonds is 4. The van der Waals surface area contributed by atoms with Gasteiger partial charge in [0, 0.05) is 17.8 Å². The van der Waals surface area contributed by atoms with Crippen LogP contribution < -0.4 is 5.32 Å². The molecule has 1 atom stereocenters. The zero-order valence-corrected chi connectivity index (χ0v) is 12.1. The maximum absolute atomic E-state index is 11.0. The second kappa shape index (κ2) is 5.50. The zero-order valence-electron chi connectivity index (χ0n) is 11.3. The Hall–Kier alpha value is -2.08. The predicted molar refractivity (Wildman–Crippen MR) is 76.1 cm³/mol. The molecule has 2 aromatic heterocycles. The van der Waals surface area contributed by atoms with Gasteiger partial charge in [-0.05, 0) is 26.8 Å². The maximum atomic E-state index is 11.0. The van der Waals surface area contributed by atoms with Crippen LogP contribution in [-0.4, -0.2) is 9.91 Å². The average Bonchev–Trinajstić information content (AvgIpc) is 2.70. The highest BCUT2D eigenvalue weighted by atomic mass is 35.5. The lowest BCUT2D eigenvalue weighted by Gasteiger charge is -2.13. The van der Waals surface area contributed by atoms with Crippen molar-refractivity contribution in [3.8, 4) is 0 Å². The highest BCUT2D eigenvalue weighted by Gasteiger charge is 2.20. The van der Waals surface area contributed by atoms with Crippen LogP contribution >= 0.6 is 11.6 Å². The highest BCUT2D eigenvalue weighted by molar-refractivity contribution is 6.30. The summed E-state index contributed by atoms with van der Waals surface area (Å²) in [5, 5.41) is 14.3. The molecule has 1 unspecified atom stereocenters. The van der Waals surface area contributed by atoms with Crippen molar-refractivity contribution in [2.45, 2.75) is 26.8 Å². The second-order valence-corrected chi connectivity index (χ2v) is 4.95. The van der Waals surface area contributed by atoms with Crippen molar-refractivity contribution < 1.29 is 9.34 Å². The molecule has 2 aromatic rings. The van der Waals surface area contributed by atoms with E-state index in [-0.39, 0.29) is 22.6 Å². The average molecular weight is 296 g/mol. The maximum Gasteiger partial charge on any atom is 0.312 e. The lowest BCUT2D eigenvalue weighted by Crippen LogP contribution is -2.10. The number of halogens is 1. The third kappa shape index (κ3) is 2.91. The molecule has 0 saturated carbocycles. The van der Waals surface area contributed by atoms with Crippen LogP contribution in [0.15, 0.2) is 22.7 Å². The first-order valence-corrected chi connectivity index (χ1v) is 6.39.